The van der Waals surface area contributed by atoms with E-state index < -0.39 is 12.1 Å². The van der Waals surface area contributed by atoms with Crippen molar-refractivity contribution in [2.24, 2.45) is 0 Å². The van der Waals surface area contributed by atoms with E-state index in [0.717, 1.165) is 73.1 Å². The van der Waals surface area contributed by atoms with Gasteiger partial charge in [-0.1, -0.05) is 32.8 Å². The van der Waals surface area contributed by atoms with E-state index in [-0.39, 0.29) is 5.97 Å². The first-order valence-corrected chi connectivity index (χ1v) is 13.0. The standard InChI is InChI=1S/C29H38O7/c1-4-9-21-19-22(29(32)33-3)13-14-24(21)34-17-7-6-8-18-35-25-15-11-20-12-16-26(28(30)31)36-27(20)23(25)10-5-2/h11,13-15,19,26H,4-10,12,16-18H2,1-3H3,(H,30,31). The van der Waals surface area contributed by atoms with Gasteiger partial charge < -0.3 is 24.1 Å². The Balaban J connectivity index is 1.48. The van der Waals surface area contributed by atoms with Crippen LogP contribution in [0.5, 0.6) is 17.2 Å². The summed E-state index contributed by atoms with van der Waals surface area (Å²) < 4.78 is 22.8. The highest BCUT2D eigenvalue weighted by molar-refractivity contribution is 5.89. The maximum Gasteiger partial charge on any atom is 0.344 e. The summed E-state index contributed by atoms with van der Waals surface area (Å²) in [5, 5.41) is 9.37. The number of ether oxygens (including phenoxy) is 4. The van der Waals surface area contributed by atoms with Crippen LogP contribution in [0.4, 0.5) is 0 Å². The number of fused-ring (bicyclic) bond motifs is 1. The Kier molecular flexibility index (Phi) is 10.5. The first-order chi connectivity index (χ1) is 17.5. The average Bonchev–Trinajstić information content (AvgIpc) is 2.89. The third-order valence-electron chi connectivity index (χ3n) is 6.32. The van der Waals surface area contributed by atoms with Gasteiger partial charge in [0.25, 0.3) is 0 Å². The summed E-state index contributed by atoms with van der Waals surface area (Å²) in [6.45, 7) is 5.36. The van der Waals surface area contributed by atoms with Gasteiger partial charge in [0.05, 0.1) is 25.9 Å². The Bertz CT molecular complexity index is 1030. The Hall–Kier alpha value is -3.22. The fourth-order valence-electron chi connectivity index (χ4n) is 4.46. The van der Waals surface area contributed by atoms with Crippen LogP contribution in [0.25, 0.3) is 0 Å². The molecule has 0 aliphatic carbocycles. The second-order valence-corrected chi connectivity index (χ2v) is 9.09. The molecule has 2 aromatic carbocycles. The Morgan fingerprint density at radius 3 is 2.33 bits per heavy atom. The molecule has 1 N–H and O–H groups in total. The largest absolute Gasteiger partial charge is 0.493 e. The van der Waals surface area contributed by atoms with E-state index in [1.165, 1.54) is 7.11 Å². The van der Waals surface area contributed by atoms with Crippen molar-refractivity contribution in [2.75, 3.05) is 20.3 Å². The molecule has 196 valence electrons. The zero-order chi connectivity index (χ0) is 25.9. The molecule has 2 aromatic rings. The molecule has 1 unspecified atom stereocenters. The summed E-state index contributed by atoms with van der Waals surface area (Å²) in [6, 6.07) is 9.43. The fourth-order valence-corrected chi connectivity index (χ4v) is 4.46. The van der Waals surface area contributed by atoms with E-state index in [2.05, 4.69) is 13.8 Å². The minimum atomic E-state index is -0.919. The number of aliphatic carboxylic acids is 1. The third-order valence-corrected chi connectivity index (χ3v) is 6.32. The SMILES string of the molecule is CCCc1cc(C(=O)OC)ccc1OCCCCCOc1ccc2c(c1CCC)OC(C(=O)O)CC2. The molecular formula is C29H38O7. The molecule has 0 radical (unpaired) electrons. The van der Waals surface area contributed by atoms with Gasteiger partial charge in [-0.2, -0.15) is 0 Å². The number of unbranched alkanes of at least 4 members (excludes halogenated alkanes) is 2. The molecule has 3 rings (SSSR count). The van der Waals surface area contributed by atoms with Crippen LogP contribution in [0.2, 0.25) is 0 Å². The maximum absolute atomic E-state index is 11.8. The lowest BCUT2D eigenvalue weighted by atomic mass is 9.96. The van der Waals surface area contributed by atoms with Gasteiger partial charge in [0.2, 0.25) is 0 Å². The highest BCUT2D eigenvalue weighted by Crippen LogP contribution is 2.38. The summed E-state index contributed by atoms with van der Waals surface area (Å²) in [5.74, 6) is 1.04. The van der Waals surface area contributed by atoms with Gasteiger partial charge in [-0.25, -0.2) is 9.59 Å². The monoisotopic (exact) mass is 498 g/mol. The summed E-state index contributed by atoms with van der Waals surface area (Å²) in [4.78, 5) is 23.2. The van der Waals surface area contributed by atoms with Crippen molar-refractivity contribution >= 4 is 11.9 Å². The lowest BCUT2D eigenvalue weighted by molar-refractivity contribution is -0.145. The Morgan fingerprint density at radius 1 is 0.972 bits per heavy atom. The van der Waals surface area contributed by atoms with Crippen molar-refractivity contribution in [3.05, 3.63) is 52.6 Å². The van der Waals surface area contributed by atoms with Crippen LogP contribution in [0.1, 0.15) is 79.4 Å². The highest BCUT2D eigenvalue weighted by Gasteiger charge is 2.28. The number of hydrogen-bond acceptors (Lipinski definition) is 6. The predicted molar refractivity (Wildman–Crippen MR) is 137 cm³/mol. The molecule has 7 nitrogen and oxygen atoms in total. The van der Waals surface area contributed by atoms with Crippen molar-refractivity contribution in [1.29, 1.82) is 0 Å². The van der Waals surface area contributed by atoms with Gasteiger partial charge in [0.15, 0.2) is 6.10 Å². The quantitative estimate of drug-likeness (QED) is 0.261. The number of hydrogen-bond donors (Lipinski definition) is 1. The molecule has 1 atom stereocenters. The first kappa shape index (κ1) is 27.4. The molecule has 1 aliphatic rings. The van der Waals surface area contributed by atoms with E-state index >= 15 is 0 Å². The molecule has 1 aliphatic heterocycles. The number of carboxylic acid groups (broad SMARTS) is 1. The minimum Gasteiger partial charge on any atom is -0.493 e. The molecular weight excluding hydrogens is 460 g/mol. The zero-order valence-electron chi connectivity index (χ0n) is 21.6. The second-order valence-electron chi connectivity index (χ2n) is 9.09. The summed E-state index contributed by atoms with van der Waals surface area (Å²) in [5.41, 5.74) is 3.59. The molecule has 0 fully saturated rings. The number of benzene rings is 2. The van der Waals surface area contributed by atoms with Crippen molar-refractivity contribution < 1.29 is 33.6 Å². The molecule has 0 saturated heterocycles. The van der Waals surface area contributed by atoms with Gasteiger partial charge >= 0.3 is 11.9 Å². The van der Waals surface area contributed by atoms with Crippen LogP contribution in [-0.4, -0.2) is 43.5 Å². The first-order valence-electron chi connectivity index (χ1n) is 13.0. The number of methoxy groups -OCH3 is 1. The Labute approximate surface area is 213 Å². The van der Waals surface area contributed by atoms with Gasteiger partial charge in [-0.3, -0.25) is 0 Å². The third kappa shape index (κ3) is 7.15. The molecule has 7 heteroatoms. The van der Waals surface area contributed by atoms with E-state index in [0.29, 0.717) is 37.4 Å². The molecule has 0 saturated carbocycles. The van der Waals surface area contributed by atoms with Crippen molar-refractivity contribution in [1.82, 2.24) is 0 Å². The molecule has 0 aromatic heterocycles. The molecule has 0 spiro atoms. The van der Waals surface area contributed by atoms with E-state index in [9.17, 15) is 14.7 Å². The van der Waals surface area contributed by atoms with E-state index in [1.807, 2.05) is 24.3 Å². The van der Waals surface area contributed by atoms with Crippen LogP contribution in [-0.2, 0) is 28.8 Å². The summed E-state index contributed by atoms with van der Waals surface area (Å²) in [6.07, 6.45) is 6.64. The van der Waals surface area contributed by atoms with E-state index in [4.69, 9.17) is 18.9 Å². The van der Waals surface area contributed by atoms with Gasteiger partial charge in [-0.05, 0) is 80.3 Å². The normalized spacial score (nSPS) is 14.5. The number of esters is 1. The predicted octanol–water partition coefficient (Wildman–Crippen LogP) is 5.78. The van der Waals surface area contributed by atoms with Gasteiger partial charge in [0, 0.05) is 5.56 Å². The van der Waals surface area contributed by atoms with Crippen molar-refractivity contribution in [3.63, 3.8) is 0 Å². The van der Waals surface area contributed by atoms with Gasteiger partial charge in [-0.15, -0.1) is 0 Å². The highest BCUT2D eigenvalue weighted by atomic mass is 16.5. The summed E-state index contributed by atoms with van der Waals surface area (Å²) in [7, 11) is 1.38. The van der Waals surface area contributed by atoms with Gasteiger partial charge in [0.1, 0.15) is 17.2 Å². The Morgan fingerprint density at radius 2 is 1.67 bits per heavy atom. The average molecular weight is 499 g/mol. The van der Waals surface area contributed by atoms with Crippen molar-refractivity contribution in [3.8, 4) is 17.2 Å². The van der Waals surface area contributed by atoms with E-state index in [1.54, 1.807) is 6.07 Å². The lowest BCUT2D eigenvalue weighted by Gasteiger charge is -2.26. The van der Waals surface area contributed by atoms with Crippen LogP contribution in [0, 0.1) is 0 Å². The van der Waals surface area contributed by atoms with Crippen LogP contribution >= 0.6 is 0 Å². The number of aryl methyl sites for hydroxylation is 2. The number of carboxylic acids is 1. The number of rotatable bonds is 14. The molecule has 0 amide bonds. The number of carbonyl (C=O) groups is 2. The fraction of sp³-hybridized carbons (Fsp3) is 0.517. The maximum atomic E-state index is 11.8. The molecule has 0 bridgehead atoms. The van der Waals surface area contributed by atoms with Crippen LogP contribution in [0.3, 0.4) is 0 Å². The minimum absolute atomic E-state index is 0.340. The van der Waals surface area contributed by atoms with Crippen molar-refractivity contribution in [2.45, 2.75) is 77.7 Å². The number of carbonyl (C=O) groups excluding carboxylic acids is 1. The molecule has 36 heavy (non-hydrogen) atoms. The smallest absolute Gasteiger partial charge is 0.344 e. The zero-order valence-corrected chi connectivity index (χ0v) is 21.6. The second kappa shape index (κ2) is 13.8. The molecule has 1 heterocycles. The lowest BCUT2D eigenvalue weighted by Crippen LogP contribution is -2.31. The topological polar surface area (TPSA) is 91.3 Å². The van der Waals surface area contributed by atoms with Crippen LogP contribution < -0.4 is 14.2 Å². The summed E-state index contributed by atoms with van der Waals surface area (Å²) >= 11 is 0. The van der Waals surface area contributed by atoms with Crippen LogP contribution in [0.15, 0.2) is 30.3 Å².